The molecule has 0 spiro atoms. The number of hydrogen-bond acceptors (Lipinski definition) is 6. The van der Waals surface area contributed by atoms with Crippen molar-refractivity contribution in [3.05, 3.63) is 94.3 Å². The number of fused-ring (bicyclic) bond motifs is 2. The molecule has 5 rings (SSSR count). The third-order valence-corrected chi connectivity index (χ3v) is 8.27. The Balaban J connectivity index is 1.36. The van der Waals surface area contributed by atoms with Gasteiger partial charge in [0.05, 0.1) is 16.9 Å². The molecule has 0 bridgehead atoms. The summed E-state index contributed by atoms with van der Waals surface area (Å²) in [5.41, 5.74) is 2.72. The lowest BCUT2D eigenvalue weighted by Gasteiger charge is -2.50. The Labute approximate surface area is 242 Å². The second-order valence-corrected chi connectivity index (χ2v) is 12.7. The van der Waals surface area contributed by atoms with E-state index in [4.69, 9.17) is 21.1 Å². The van der Waals surface area contributed by atoms with Gasteiger partial charge in [0.25, 0.3) is 0 Å². The monoisotopic (exact) mass is 562 g/mol. The number of ether oxygens (including phenoxy) is 2. The molecule has 1 unspecified atom stereocenters. The fourth-order valence-electron chi connectivity index (χ4n) is 5.77. The first-order valence-corrected chi connectivity index (χ1v) is 14.3. The molecule has 40 heavy (non-hydrogen) atoms. The van der Waals surface area contributed by atoms with E-state index in [0.717, 1.165) is 59.8 Å². The van der Waals surface area contributed by atoms with Gasteiger partial charge in [-0.05, 0) is 74.2 Å². The van der Waals surface area contributed by atoms with Crippen molar-refractivity contribution in [1.29, 1.82) is 0 Å². The molecule has 1 saturated heterocycles. The summed E-state index contributed by atoms with van der Waals surface area (Å²) in [4.78, 5) is 7.03. The molecule has 1 atom stereocenters. The summed E-state index contributed by atoms with van der Waals surface area (Å²) in [5, 5.41) is 22.6. The zero-order valence-corrected chi connectivity index (χ0v) is 24.5. The van der Waals surface area contributed by atoms with Gasteiger partial charge in [0.15, 0.2) is 0 Å². The van der Waals surface area contributed by atoms with E-state index in [1.807, 2.05) is 48.5 Å². The lowest BCUT2D eigenvalue weighted by atomic mass is 9.66. The van der Waals surface area contributed by atoms with E-state index < -0.39 is 11.2 Å². The summed E-state index contributed by atoms with van der Waals surface area (Å²) >= 11 is 6.10. The smallest absolute Gasteiger partial charge is 0.131 e. The van der Waals surface area contributed by atoms with Crippen molar-refractivity contribution in [2.45, 2.75) is 58.3 Å². The zero-order chi connectivity index (χ0) is 28.5. The Kier molecular flexibility index (Phi) is 7.99. The minimum absolute atomic E-state index is 0.191. The van der Waals surface area contributed by atoms with Crippen molar-refractivity contribution in [2.24, 2.45) is 5.41 Å². The lowest BCUT2D eigenvalue weighted by molar-refractivity contribution is -0.125. The molecule has 0 aliphatic carbocycles. The van der Waals surface area contributed by atoms with Gasteiger partial charge in [0.1, 0.15) is 24.7 Å². The van der Waals surface area contributed by atoms with E-state index in [-0.39, 0.29) is 12.0 Å². The summed E-state index contributed by atoms with van der Waals surface area (Å²) in [6, 6.07) is 17.4. The van der Waals surface area contributed by atoms with Crippen molar-refractivity contribution in [3.8, 4) is 11.5 Å². The van der Waals surface area contributed by atoms with Crippen molar-refractivity contribution >= 4 is 17.2 Å². The first-order chi connectivity index (χ1) is 19.0. The molecule has 2 N–H and O–H groups in total. The molecular weight excluding hydrogens is 524 g/mol. The molecule has 0 amide bonds. The second kappa shape index (κ2) is 11.2. The standard InChI is InChI=1S/C33H39ClN2O4/c1-31(2)21-36(18-15-33(31,38)23-9-11-24(34)12-10-23)17-6-8-26-27-7-5-16-35-29(27)20-39-30-14-13-25(19-28(26)30)40-22-32(3,4)37/h5,7-14,16,19,37-38H,6,15,17-18,20-22H2,1-4H3/b26-8+. The van der Waals surface area contributed by atoms with Gasteiger partial charge in [0, 0.05) is 47.4 Å². The first-order valence-electron chi connectivity index (χ1n) is 13.9. The van der Waals surface area contributed by atoms with Crippen LogP contribution in [-0.4, -0.2) is 51.9 Å². The van der Waals surface area contributed by atoms with E-state index in [2.05, 4.69) is 35.9 Å². The van der Waals surface area contributed by atoms with Gasteiger partial charge in [-0.2, -0.15) is 0 Å². The van der Waals surface area contributed by atoms with E-state index in [0.29, 0.717) is 23.8 Å². The maximum absolute atomic E-state index is 11.7. The number of rotatable bonds is 7. The van der Waals surface area contributed by atoms with Gasteiger partial charge in [-0.25, -0.2) is 0 Å². The summed E-state index contributed by atoms with van der Waals surface area (Å²) in [5.74, 6) is 1.47. The zero-order valence-electron chi connectivity index (χ0n) is 23.8. The number of nitrogens with zero attached hydrogens (tertiary/aromatic N) is 2. The highest BCUT2D eigenvalue weighted by molar-refractivity contribution is 6.30. The number of likely N-dealkylation sites (tertiary alicyclic amines) is 1. The number of aromatic nitrogens is 1. The summed E-state index contributed by atoms with van der Waals surface area (Å²) in [7, 11) is 0. The largest absolute Gasteiger partial charge is 0.491 e. The van der Waals surface area contributed by atoms with Gasteiger partial charge in [0.2, 0.25) is 0 Å². The van der Waals surface area contributed by atoms with E-state index in [1.165, 1.54) is 0 Å². The van der Waals surface area contributed by atoms with Gasteiger partial charge in [-0.1, -0.05) is 49.7 Å². The van der Waals surface area contributed by atoms with Gasteiger partial charge >= 0.3 is 0 Å². The van der Waals surface area contributed by atoms with Crippen molar-refractivity contribution < 1.29 is 19.7 Å². The first kappa shape index (κ1) is 28.6. The molecule has 2 aliphatic rings. The van der Waals surface area contributed by atoms with Crippen molar-refractivity contribution in [3.63, 3.8) is 0 Å². The number of aliphatic hydroxyl groups is 2. The van der Waals surface area contributed by atoms with E-state index in [1.54, 1.807) is 20.0 Å². The van der Waals surface area contributed by atoms with Gasteiger partial charge < -0.3 is 24.6 Å². The third kappa shape index (κ3) is 6.06. The molecule has 1 aromatic heterocycles. The van der Waals surface area contributed by atoms with Crippen LogP contribution in [0.5, 0.6) is 11.5 Å². The van der Waals surface area contributed by atoms with Crippen LogP contribution in [0.3, 0.4) is 0 Å². The van der Waals surface area contributed by atoms with Crippen LogP contribution in [0, 0.1) is 5.41 Å². The highest BCUT2D eigenvalue weighted by atomic mass is 35.5. The molecule has 1 fully saturated rings. The third-order valence-electron chi connectivity index (χ3n) is 8.02. The van der Waals surface area contributed by atoms with Gasteiger partial charge in [-0.15, -0.1) is 0 Å². The summed E-state index contributed by atoms with van der Waals surface area (Å²) in [6.45, 7) is 10.8. The molecule has 0 radical (unpaired) electrons. The molecule has 2 aliphatic heterocycles. The molecule has 0 saturated carbocycles. The number of benzene rings is 2. The van der Waals surface area contributed by atoms with Crippen molar-refractivity contribution in [1.82, 2.24) is 9.88 Å². The van der Waals surface area contributed by atoms with Crippen LogP contribution in [0.4, 0.5) is 0 Å². The molecular formula is C33H39ClN2O4. The second-order valence-electron chi connectivity index (χ2n) is 12.2. The molecule has 7 heteroatoms. The van der Waals surface area contributed by atoms with Crippen LogP contribution in [0.25, 0.3) is 5.57 Å². The topological polar surface area (TPSA) is 75.1 Å². The van der Waals surface area contributed by atoms with Gasteiger partial charge in [-0.3, -0.25) is 4.98 Å². The van der Waals surface area contributed by atoms with E-state index >= 15 is 0 Å². The Bertz CT molecular complexity index is 1380. The summed E-state index contributed by atoms with van der Waals surface area (Å²) < 4.78 is 12.1. The lowest BCUT2D eigenvalue weighted by Crippen LogP contribution is -2.55. The highest BCUT2D eigenvalue weighted by Crippen LogP contribution is 2.46. The minimum Gasteiger partial charge on any atom is -0.491 e. The molecule has 2 aromatic carbocycles. The van der Waals surface area contributed by atoms with Crippen molar-refractivity contribution in [2.75, 3.05) is 26.2 Å². The van der Waals surface area contributed by atoms with Crippen LogP contribution >= 0.6 is 11.6 Å². The highest BCUT2D eigenvalue weighted by Gasteiger charge is 2.48. The number of piperidine rings is 1. The average Bonchev–Trinajstić information content (AvgIpc) is 3.06. The Morgan fingerprint density at radius 3 is 2.62 bits per heavy atom. The quantitative estimate of drug-likeness (QED) is 0.356. The minimum atomic E-state index is -0.930. The molecule has 3 heterocycles. The molecule has 212 valence electrons. The Morgan fingerprint density at radius 2 is 1.90 bits per heavy atom. The normalized spacial score (nSPS) is 21.7. The summed E-state index contributed by atoms with van der Waals surface area (Å²) in [6.07, 6.45) is 5.54. The fraction of sp³-hybridized carbons (Fsp3) is 0.424. The number of halogens is 1. The maximum atomic E-state index is 11.7. The van der Waals surface area contributed by atoms with Crippen LogP contribution < -0.4 is 9.47 Å². The van der Waals surface area contributed by atoms with Crippen LogP contribution in [0.15, 0.2) is 66.9 Å². The Morgan fingerprint density at radius 1 is 1.12 bits per heavy atom. The van der Waals surface area contributed by atoms with E-state index in [9.17, 15) is 10.2 Å². The average molecular weight is 563 g/mol. The Hall–Kier alpha value is -2.90. The van der Waals surface area contributed by atoms with Crippen LogP contribution in [0.1, 0.15) is 62.9 Å². The van der Waals surface area contributed by atoms with Crippen LogP contribution in [-0.2, 0) is 12.2 Å². The number of hydrogen-bond donors (Lipinski definition) is 2. The molecule has 6 nitrogen and oxygen atoms in total. The predicted molar refractivity (Wildman–Crippen MR) is 159 cm³/mol. The SMILES string of the molecule is CC(C)(O)COc1ccc2c(c1)/C(=C/CCN1CCC(O)(c3ccc(Cl)cc3)C(C)(C)C1)c1cccnc1CO2. The maximum Gasteiger partial charge on any atom is 0.131 e. The van der Waals surface area contributed by atoms with Crippen LogP contribution in [0.2, 0.25) is 5.02 Å². The fourth-order valence-corrected chi connectivity index (χ4v) is 5.90. The predicted octanol–water partition coefficient (Wildman–Crippen LogP) is 6.22. The molecule has 3 aromatic rings. The number of pyridine rings is 1.